The average Bonchev–Trinajstić information content (AvgIpc) is 2.67. The molecular weight excluding hydrogens is 310 g/mol. The normalized spacial score (nSPS) is 35.5. The third-order valence-electron chi connectivity index (χ3n) is 7.39. The van der Waals surface area contributed by atoms with Crippen molar-refractivity contribution in [3.05, 3.63) is 29.3 Å². The van der Waals surface area contributed by atoms with Gasteiger partial charge in [0.25, 0.3) is 0 Å². The van der Waals surface area contributed by atoms with Crippen LogP contribution in [0.15, 0.2) is 17.3 Å². The highest BCUT2D eigenvalue weighted by Gasteiger charge is 2.53. The standard InChI is InChI=1S/C22H30NO2/c1-4-22-13-12-17-18(20(22)6-5-7-21(22)23-25-3)11-9-15-8-10-16(24-2)14-19(15)17/h8,14,17-18,20H,4-7,9,11-13H2,1-3H3/b23-21+/t17-,18+,20-,22-/m0/s1. The number of nitrogens with zero attached hydrogens (tertiary/aromatic N) is 1. The summed E-state index contributed by atoms with van der Waals surface area (Å²) >= 11 is 0. The first-order valence-corrected chi connectivity index (χ1v) is 9.92. The fourth-order valence-corrected chi connectivity index (χ4v) is 6.29. The fraction of sp³-hybridized carbons (Fsp3) is 0.682. The Kier molecular flexibility index (Phi) is 4.51. The summed E-state index contributed by atoms with van der Waals surface area (Å²) in [7, 11) is 3.45. The zero-order valence-electron chi connectivity index (χ0n) is 15.8. The Morgan fingerprint density at radius 3 is 2.88 bits per heavy atom. The fourth-order valence-electron chi connectivity index (χ4n) is 6.29. The first kappa shape index (κ1) is 16.9. The van der Waals surface area contributed by atoms with E-state index >= 15 is 0 Å². The maximum absolute atomic E-state index is 5.47. The average molecular weight is 340 g/mol. The van der Waals surface area contributed by atoms with E-state index in [1.54, 1.807) is 14.2 Å². The summed E-state index contributed by atoms with van der Waals surface area (Å²) in [5.74, 6) is 3.09. The van der Waals surface area contributed by atoms with Crippen LogP contribution in [0.4, 0.5) is 0 Å². The highest BCUT2D eigenvalue weighted by Crippen LogP contribution is 2.60. The summed E-state index contributed by atoms with van der Waals surface area (Å²) in [5, 5.41) is 4.51. The number of methoxy groups -OCH3 is 1. The van der Waals surface area contributed by atoms with Crippen LogP contribution in [0.3, 0.4) is 0 Å². The molecule has 4 rings (SSSR count). The van der Waals surface area contributed by atoms with E-state index in [0.717, 1.165) is 24.0 Å². The minimum Gasteiger partial charge on any atom is -0.496 e. The lowest BCUT2D eigenvalue weighted by Gasteiger charge is -2.55. The van der Waals surface area contributed by atoms with Crippen LogP contribution in [0.25, 0.3) is 0 Å². The first-order valence-electron chi connectivity index (χ1n) is 9.92. The second-order valence-electron chi connectivity index (χ2n) is 8.06. The zero-order valence-corrected chi connectivity index (χ0v) is 15.8. The van der Waals surface area contributed by atoms with Crippen LogP contribution in [0.1, 0.15) is 68.9 Å². The van der Waals surface area contributed by atoms with Gasteiger partial charge in [0.2, 0.25) is 0 Å². The lowest BCUT2D eigenvalue weighted by molar-refractivity contribution is 0.0428. The van der Waals surface area contributed by atoms with Crippen molar-refractivity contribution in [3.8, 4) is 5.75 Å². The predicted molar refractivity (Wildman–Crippen MR) is 100 cm³/mol. The van der Waals surface area contributed by atoms with Crippen LogP contribution in [-0.4, -0.2) is 19.9 Å². The number of oxime groups is 1. The lowest BCUT2D eigenvalue weighted by atomic mass is 9.49. The molecule has 25 heavy (non-hydrogen) atoms. The highest BCUT2D eigenvalue weighted by atomic mass is 16.6. The molecule has 0 aromatic heterocycles. The van der Waals surface area contributed by atoms with Crippen LogP contribution in [0.5, 0.6) is 5.75 Å². The van der Waals surface area contributed by atoms with Gasteiger partial charge < -0.3 is 9.57 Å². The highest BCUT2D eigenvalue weighted by molar-refractivity contribution is 5.91. The number of rotatable bonds is 3. The van der Waals surface area contributed by atoms with Crippen molar-refractivity contribution in [2.45, 2.75) is 64.2 Å². The topological polar surface area (TPSA) is 30.8 Å². The summed E-state index contributed by atoms with van der Waals surface area (Å²) in [6.07, 6.45) is 9.93. The molecule has 0 unspecified atom stereocenters. The molecule has 0 heterocycles. The van der Waals surface area contributed by atoms with Crippen molar-refractivity contribution < 1.29 is 9.57 Å². The number of hydrogen-bond acceptors (Lipinski definition) is 3. The Balaban J connectivity index is 1.71. The molecule has 1 aromatic rings. The molecule has 135 valence electrons. The minimum absolute atomic E-state index is 0.276. The van der Waals surface area contributed by atoms with Gasteiger partial charge in [0.15, 0.2) is 0 Å². The molecule has 1 radical (unpaired) electrons. The van der Waals surface area contributed by atoms with Gasteiger partial charge in [-0.05, 0) is 92.4 Å². The molecule has 2 saturated carbocycles. The Morgan fingerprint density at radius 2 is 2.12 bits per heavy atom. The van der Waals surface area contributed by atoms with E-state index in [4.69, 9.17) is 9.57 Å². The molecule has 2 fully saturated rings. The Morgan fingerprint density at radius 1 is 1.24 bits per heavy atom. The van der Waals surface area contributed by atoms with Crippen molar-refractivity contribution >= 4 is 5.71 Å². The lowest BCUT2D eigenvalue weighted by Crippen LogP contribution is -2.50. The summed E-state index contributed by atoms with van der Waals surface area (Å²) < 4.78 is 5.47. The number of fused-ring (bicyclic) bond motifs is 5. The van der Waals surface area contributed by atoms with Crippen LogP contribution in [-0.2, 0) is 11.3 Å². The van der Waals surface area contributed by atoms with Gasteiger partial charge in [0, 0.05) is 11.5 Å². The molecule has 1 aromatic carbocycles. The second-order valence-corrected chi connectivity index (χ2v) is 8.06. The van der Waals surface area contributed by atoms with E-state index in [1.807, 2.05) is 0 Å². The van der Waals surface area contributed by atoms with Gasteiger partial charge in [-0.15, -0.1) is 0 Å². The monoisotopic (exact) mass is 340 g/mol. The van der Waals surface area contributed by atoms with Gasteiger partial charge in [-0.3, -0.25) is 0 Å². The number of benzene rings is 1. The molecule has 3 aliphatic carbocycles. The third kappa shape index (κ3) is 2.58. The van der Waals surface area contributed by atoms with Crippen LogP contribution >= 0.6 is 0 Å². The summed E-state index contributed by atoms with van der Waals surface area (Å²) in [6, 6.07) is 7.72. The van der Waals surface area contributed by atoms with E-state index in [2.05, 4.69) is 30.3 Å². The van der Waals surface area contributed by atoms with Crippen molar-refractivity contribution in [1.82, 2.24) is 0 Å². The van der Waals surface area contributed by atoms with Gasteiger partial charge in [0.1, 0.15) is 12.9 Å². The number of hydrogen-bond donors (Lipinski definition) is 0. The molecule has 0 spiro atoms. The predicted octanol–water partition coefficient (Wildman–Crippen LogP) is 5.13. The van der Waals surface area contributed by atoms with E-state index in [-0.39, 0.29) is 5.41 Å². The molecule has 0 N–H and O–H groups in total. The molecule has 3 aliphatic rings. The maximum Gasteiger partial charge on any atom is 0.127 e. The third-order valence-corrected chi connectivity index (χ3v) is 7.39. The smallest absolute Gasteiger partial charge is 0.127 e. The molecule has 0 aliphatic heterocycles. The van der Waals surface area contributed by atoms with Crippen LogP contribution in [0, 0.1) is 23.3 Å². The number of aryl methyl sites for hydroxylation is 1. The Labute approximate surface area is 151 Å². The Hall–Kier alpha value is -1.51. The Bertz CT molecular complexity index is 668. The number of ether oxygens (including phenoxy) is 1. The summed E-state index contributed by atoms with van der Waals surface area (Å²) in [4.78, 5) is 5.25. The van der Waals surface area contributed by atoms with Gasteiger partial charge >= 0.3 is 0 Å². The molecule has 4 atom stereocenters. The zero-order chi connectivity index (χ0) is 17.4. The van der Waals surface area contributed by atoms with E-state index in [0.29, 0.717) is 5.92 Å². The van der Waals surface area contributed by atoms with E-state index in [9.17, 15) is 0 Å². The van der Waals surface area contributed by atoms with Crippen LogP contribution < -0.4 is 4.74 Å². The summed E-state index contributed by atoms with van der Waals surface area (Å²) in [6.45, 7) is 2.36. The molecular formula is C22H30NO2. The molecule has 0 amide bonds. The minimum atomic E-state index is 0.276. The quantitative estimate of drug-likeness (QED) is 0.714. The molecule has 3 heteroatoms. The maximum atomic E-state index is 5.47. The van der Waals surface area contributed by atoms with Crippen LogP contribution in [0.2, 0.25) is 0 Å². The molecule has 0 bridgehead atoms. The van der Waals surface area contributed by atoms with Gasteiger partial charge in [0.05, 0.1) is 12.8 Å². The van der Waals surface area contributed by atoms with Gasteiger partial charge in [-0.25, -0.2) is 0 Å². The molecule has 0 saturated heterocycles. The summed E-state index contributed by atoms with van der Waals surface area (Å²) in [5.41, 5.74) is 4.65. The van der Waals surface area contributed by atoms with E-state index in [1.165, 1.54) is 61.8 Å². The molecule has 3 nitrogen and oxygen atoms in total. The second kappa shape index (κ2) is 6.66. The van der Waals surface area contributed by atoms with E-state index < -0.39 is 0 Å². The van der Waals surface area contributed by atoms with Crippen molar-refractivity contribution in [2.75, 3.05) is 14.2 Å². The van der Waals surface area contributed by atoms with Crippen molar-refractivity contribution in [1.29, 1.82) is 0 Å². The van der Waals surface area contributed by atoms with Crippen molar-refractivity contribution in [2.24, 2.45) is 22.4 Å². The first-order chi connectivity index (χ1) is 12.2. The van der Waals surface area contributed by atoms with Gasteiger partial charge in [-0.2, -0.15) is 0 Å². The largest absolute Gasteiger partial charge is 0.496 e. The van der Waals surface area contributed by atoms with Crippen molar-refractivity contribution in [3.63, 3.8) is 0 Å². The van der Waals surface area contributed by atoms with Gasteiger partial charge in [-0.1, -0.05) is 12.1 Å². The SMILES string of the molecule is CC[C@]12CC[C@@H]3c4cc(OC)[c]cc4CC[C@H]3[C@@H]1CCC/C2=N\OC.